The average molecular weight is 409 g/mol. The number of aromatic nitrogens is 4. The number of Topliss-reactive ketones (excluding diaryl/α,β-unsaturated/α-hetero) is 1. The number of fused-ring (bicyclic) bond motifs is 1. The van der Waals surface area contributed by atoms with Crippen LogP contribution in [0.3, 0.4) is 0 Å². The molecule has 10 heteroatoms. The number of aliphatic hydroxyl groups excluding tert-OH is 3. The number of ether oxygens (including phenoxy) is 1. The van der Waals surface area contributed by atoms with Crippen LogP contribution in [0, 0.1) is 11.8 Å². The van der Waals surface area contributed by atoms with E-state index in [2.05, 4.69) is 26.8 Å². The Bertz CT molecular complexity index is 1160. The fraction of sp³-hybridized carbons (Fsp3) is 0.300. The van der Waals surface area contributed by atoms with E-state index in [1.807, 2.05) is 0 Å². The van der Waals surface area contributed by atoms with Crippen molar-refractivity contribution in [3.63, 3.8) is 0 Å². The molecule has 0 aliphatic carbocycles. The first-order valence-electron chi connectivity index (χ1n) is 9.14. The van der Waals surface area contributed by atoms with Crippen molar-refractivity contribution in [2.24, 2.45) is 0 Å². The van der Waals surface area contributed by atoms with E-state index in [0.717, 1.165) is 0 Å². The maximum absolute atomic E-state index is 11.4. The van der Waals surface area contributed by atoms with E-state index in [4.69, 9.17) is 10.5 Å². The quantitative estimate of drug-likeness (QED) is 0.334. The molecule has 1 saturated heterocycles. The van der Waals surface area contributed by atoms with E-state index >= 15 is 0 Å². The summed E-state index contributed by atoms with van der Waals surface area (Å²) < 4.78 is 7.05. The third-order valence-corrected chi connectivity index (χ3v) is 4.89. The summed E-state index contributed by atoms with van der Waals surface area (Å²) in [6.45, 7) is 1.01. The number of hydrogen-bond donors (Lipinski definition) is 4. The van der Waals surface area contributed by atoms with Crippen molar-refractivity contribution >= 4 is 22.8 Å². The molecule has 10 nitrogen and oxygen atoms in total. The Balaban J connectivity index is 1.80. The van der Waals surface area contributed by atoms with Crippen molar-refractivity contribution in [3.8, 4) is 11.8 Å². The first kappa shape index (κ1) is 19.9. The Kier molecular flexibility index (Phi) is 5.19. The maximum atomic E-state index is 11.4. The van der Waals surface area contributed by atoms with E-state index in [0.29, 0.717) is 11.1 Å². The van der Waals surface area contributed by atoms with Gasteiger partial charge in [-0.05, 0) is 25.0 Å². The van der Waals surface area contributed by atoms with Gasteiger partial charge in [0.2, 0.25) is 0 Å². The first-order chi connectivity index (χ1) is 14.4. The molecule has 0 unspecified atom stereocenters. The number of rotatable bonds is 3. The number of hydrogen-bond acceptors (Lipinski definition) is 9. The second kappa shape index (κ2) is 7.81. The van der Waals surface area contributed by atoms with E-state index < -0.39 is 31.1 Å². The zero-order valence-corrected chi connectivity index (χ0v) is 15.9. The van der Waals surface area contributed by atoms with E-state index in [9.17, 15) is 20.1 Å². The molecule has 0 amide bonds. The lowest BCUT2D eigenvalue weighted by molar-refractivity contribution is -0.0514. The largest absolute Gasteiger partial charge is 0.394 e. The molecule has 0 bridgehead atoms. The van der Waals surface area contributed by atoms with Crippen LogP contribution in [0.4, 0.5) is 5.82 Å². The van der Waals surface area contributed by atoms with Crippen molar-refractivity contribution in [3.05, 3.63) is 47.5 Å². The Labute approximate surface area is 171 Å². The number of benzene rings is 1. The SMILES string of the molecule is CC(=O)c1ccc(C#Cc2nc3c(N)ncnc3n2[C@@H]2O[C@H](CO)[C@@H](O)[C@H]2O)cc1. The summed E-state index contributed by atoms with van der Waals surface area (Å²) in [5.74, 6) is 6.10. The second-order valence-corrected chi connectivity index (χ2v) is 6.85. The highest BCUT2D eigenvalue weighted by Gasteiger charge is 2.44. The average Bonchev–Trinajstić information content (AvgIpc) is 3.25. The van der Waals surface area contributed by atoms with Gasteiger partial charge in [-0.25, -0.2) is 15.0 Å². The Hall–Kier alpha value is -3.36. The van der Waals surface area contributed by atoms with Gasteiger partial charge < -0.3 is 25.8 Å². The van der Waals surface area contributed by atoms with Crippen molar-refractivity contribution < 1.29 is 24.9 Å². The minimum Gasteiger partial charge on any atom is -0.394 e. The maximum Gasteiger partial charge on any atom is 0.190 e. The van der Waals surface area contributed by atoms with Crippen LogP contribution in [0.5, 0.6) is 0 Å². The van der Waals surface area contributed by atoms with Crippen LogP contribution in [0.15, 0.2) is 30.6 Å². The van der Waals surface area contributed by atoms with Crippen LogP contribution >= 0.6 is 0 Å². The molecule has 0 spiro atoms. The minimum absolute atomic E-state index is 0.0466. The number of ketones is 1. The predicted molar refractivity (Wildman–Crippen MR) is 105 cm³/mol. The zero-order chi connectivity index (χ0) is 21.4. The molecular weight excluding hydrogens is 390 g/mol. The van der Waals surface area contributed by atoms with Gasteiger partial charge >= 0.3 is 0 Å². The summed E-state index contributed by atoms with van der Waals surface area (Å²) in [6, 6.07) is 6.75. The van der Waals surface area contributed by atoms with Gasteiger partial charge in [-0.2, -0.15) is 0 Å². The highest BCUT2D eigenvalue weighted by molar-refractivity contribution is 5.94. The third-order valence-electron chi connectivity index (χ3n) is 4.89. The molecule has 0 saturated carbocycles. The Morgan fingerprint density at radius 3 is 2.57 bits per heavy atom. The predicted octanol–water partition coefficient (Wildman–Crippen LogP) is -0.378. The molecule has 5 N–H and O–H groups in total. The van der Waals surface area contributed by atoms with Crippen LogP contribution in [0.1, 0.15) is 34.9 Å². The number of carbonyl (C=O) groups excluding carboxylic acids is 1. The van der Waals surface area contributed by atoms with Crippen LogP contribution in [0.2, 0.25) is 0 Å². The molecule has 4 rings (SSSR count). The summed E-state index contributed by atoms with van der Waals surface area (Å²) >= 11 is 0. The molecule has 1 aliphatic heterocycles. The summed E-state index contributed by atoms with van der Waals surface area (Å²) in [5, 5.41) is 30.0. The van der Waals surface area contributed by atoms with Gasteiger partial charge in [-0.1, -0.05) is 18.1 Å². The smallest absolute Gasteiger partial charge is 0.190 e. The lowest BCUT2D eigenvalue weighted by atomic mass is 10.1. The fourth-order valence-electron chi connectivity index (χ4n) is 3.27. The number of carbonyl (C=O) groups is 1. The van der Waals surface area contributed by atoms with Crippen molar-refractivity contribution in [2.75, 3.05) is 12.3 Å². The van der Waals surface area contributed by atoms with Gasteiger partial charge in [-0.3, -0.25) is 9.36 Å². The molecule has 3 heterocycles. The van der Waals surface area contributed by atoms with Crippen LogP contribution < -0.4 is 5.73 Å². The Morgan fingerprint density at radius 1 is 1.20 bits per heavy atom. The topological polar surface area (TPSA) is 157 Å². The number of aliphatic hydroxyl groups is 3. The first-order valence-corrected chi connectivity index (χ1v) is 9.14. The molecule has 1 aromatic carbocycles. The molecule has 1 fully saturated rings. The summed E-state index contributed by atoms with van der Waals surface area (Å²) in [5.41, 5.74) is 7.66. The molecule has 3 aromatic rings. The van der Waals surface area contributed by atoms with Crippen molar-refractivity contribution in [2.45, 2.75) is 31.5 Å². The number of nitrogen functional groups attached to an aromatic ring is 1. The van der Waals surface area contributed by atoms with Crippen LogP contribution in [-0.2, 0) is 4.74 Å². The number of anilines is 1. The molecule has 2 aromatic heterocycles. The molecule has 30 heavy (non-hydrogen) atoms. The van der Waals surface area contributed by atoms with E-state index in [1.54, 1.807) is 24.3 Å². The summed E-state index contributed by atoms with van der Waals surface area (Å²) in [7, 11) is 0. The van der Waals surface area contributed by atoms with Crippen molar-refractivity contribution in [1.29, 1.82) is 0 Å². The molecular formula is C20H19N5O5. The number of nitrogens with two attached hydrogens (primary N) is 1. The van der Waals surface area contributed by atoms with Crippen LogP contribution in [-0.4, -0.2) is 65.5 Å². The van der Waals surface area contributed by atoms with Crippen molar-refractivity contribution in [1.82, 2.24) is 19.5 Å². The van der Waals surface area contributed by atoms with Crippen LogP contribution in [0.25, 0.3) is 11.2 Å². The van der Waals surface area contributed by atoms with Gasteiger partial charge in [0.25, 0.3) is 0 Å². The third kappa shape index (κ3) is 3.40. The minimum atomic E-state index is -1.34. The highest BCUT2D eigenvalue weighted by Crippen LogP contribution is 2.33. The van der Waals surface area contributed by atoms with Gasteiger partial charge in [0.15, 0.2) is 34.8 Å². The fourth-order valence-corrected chi connectivity index (χ4v) is 3.27. The summed E-state index contributed by atoms with van der Waals surface area (Å²) in [4.78, 5) is 23.9. The Morgan fingerprint density at radius 2 is 1.93 bits per heavy atom. The second-order valence-electron chi connectivity index (χ2n) is 6.85. The van der Waals surface area contributed by atoms with E-state index in [-0.39, 0.29) is 28.6 Å². The summed E-state index contributed by atoms with van der Waals surface area (Å²) in [6.07, 6.45) is -3.44. The zero-order valence-electron chi connectivity index (χ0n) is 15.9. The monoisotopic (exact) mass is 409 g/mol. The van der Waals surface area contributed by atoms with Gasteiger partial charge in [0, 0.05) is 11.1 Å². The van der Waals surface area contributed by atoms with Gasteiger partial charge in [0.05, 0.1) is 6.61 Å². The van der Waals surface area contributed by atoms with Gasteiger partial charge in [0.1, 0.15) is 24.6 Å². The van der Waals surface area contributed by atoms with E-state index in [1.165, 1.54) is 17.8 Å². The number of nitrogens with zero attached hydrogens (tertiary/aromatic N) is 4. The normalized spacial score (nSPS) is 23.3. The lowest BCUT2D eigenvalue weighted by Gasteiger charge is -2.17. The molecule has 1 aliphatic rings. The molecule has 0 radical (unpaired) electrons. The standard InChI is InChI=1S/C20H19N5O5/c1-10(27)12-5-2-11(3-6-12)4-7-14-24-15-18(21)22-9-23-19(15)25(14)20-17(29)16(28)13(8-26)30-20/h2-3,5-6,9,13,16-17,20,26,28-29H,8H2,1H3,(H2,21,22,23)/t13-,16-,17-,20-/m1/s1. The number of imidazole rings is 1. The molecule has 4 atom stereocenters. The van der Waals surface area contributed by atoms with Gasteiger partial charge in [-0.15, -0.1) is 0 Å². The molecule has 154 valence electrons. The lowest BCUT2D eigenvalue weighted by Crippen LogP contribution is -2.33. The highest BCUT2D eigenvalue weighted by atomic mass is 16.6.